The van der Waals surface area contributed by atoms with Crippen LogP contribution in [0.3, 0.4) is 0 Å². The number of nitrogens with one attached hydrogen (secondary N) is 1. The Morgan fingerprint density at radius 3 is 2.39 bits per heavy atom. The van der Waals surface area contributed by atoms with Gasteiger partial charge in [0.25, 0.3) is 0 Å². The van der Waals surface area contributed by atoms with Crippen molar-refractivity contribution in [1.82, 2.24) is 14.6 Å². The first-order valence-electron chi connectivity index (χ1n) is 12.5. The molecule has 204 valence electrons. The second kappa shape index (κ2) is 12.8. The molecule has 38 heavy (non-hydrogen) atoms. The molecule has 0 saturated heterocycles. The third-order valence-electron chi connectivity index (χ3n) is 5.76. The van der Waals surface area contributed by atoms with Gasteiger partial charge in [0.05, 0.1) is 17.6 Å². The van der Waals surface area contributed by atoms with Gasteiger partial charge < -0.3 is 14.8 Å². The number of hydrogen-bond acceptors (Lipinski definition) is 7. The van der Waals surface area contributed by atoms with E-state index in [-0.39, 0.29) is 24.5 Å². The first-order chi connectivity index (χ1) is 18.0. The molecule has 3 rings (SSSR count). The average molecular weight is 542 g/mol. The molecule has 0 unspecified atom stereocenters. The molecule has 1 amide bonds. The van der Waals surface area contributed by atoms with Crippen LogP contribution in [-0.2, 0) is 25.9 Å². The first kappa shape index (κ1) is 29.1. The van der Waals surface area contributed by atoms with Gasteiger partial charge in [-0.2, -0.15) is 4.31 Å². The highest BCUT2D eigenvalue weighted by Gasteiger charge is 2.26. The zero-order valence-electron chi connectivity index (χ0n) is 22.3. The zero-order valence-corrected chi connectivity index (χ0v) is 23.1. The lowest BCUT2D eigenvalue weighted by atomic mass is 10.1. The Morgan fingerprint density at radius 2 is 1.71 bits per heavy atom. The van der Waals surface area contributed by atoms with Crippen molar-refractivity contribution in [2.45, 2.75) is 50.5 Å². The summed E-state index contributed by atoms with van der Waals surface area (Å²) in [4.78, 5) is 28.0. The minimum Gasteiger partial charge on any atom is -0.465 e. The van der Waals surface area contributed by atoms with Crippen molar-refractivity contribution >= 4 is 32.9 Å². The van der Waals surface area contributed by atoms with Gasteiger partial charge in [-0.15, -0.1) is 0 Å². The second-order valence-electron chi connectivity index (χ2n) is 9.83. The van der Waals surface area contributed by atoms with Gasteiger partial charge in [0.15, 0.2) is 0 Å². The predicted molar refractivity (Wildman–Crippen MR) is 145 cm³/mol. The maximum atomic E-state index is 13.8. The summed E-state index contributed by atoms with van der Waals surface area (Å²) >= 11 is 0. The highest BCUT2D eigenvalue weighted by atomic mass is 32.2. The number of ether oxygens (including phenoxy) is 2. The number of aryl methyl sites for hydroxylation is 1. The third-order valence-corrected chi connectivity index (χ3v) is 7.72. The fraction of sp³-hybridized carbons (Fsp3) is 0.393. The van der Waals surface area contributed by atoms with Crippen LogP contribution in [-0.4, -0.2) is 62.1 Å². The van der Waals surface area contributed by atoms with Crippen molar-refractivity contribution in [3.63, 3.8) is 0 Å². The molecule has 3 aromatic rings. The van der Waals surface area contributed by atoms with E-state index in [0.29, 0.717) is 30.2 Å². The van der Waals surface area contributed by atoms with Crippen molar-refractivity contribution in [3.8, 4) is 0 Å². The van der Waals surface area contributed by atoms with Crippen molar-refractivity contribution in [3.05, 3.63) is 72.1 Å². The van der Waals surface area contributed by atoms with Gasteiger partial charge in [-0.1, -0.05) is 24.3 Å². The van der Waals surface area contributed by atoms with Crippen molar-refractivity contribution in [2.75, 3.05) is 26.7 Å². The molecule has 1 heterocycles. The number of sulfonamides is 1. The number of rotatable bonds is 11. The SMILES string of the molecule is COC(=O)c1ccc(CCCN(CCCNC(=O)OC(C)(C)C)S(=O)(=O)c2cccc3cnccc23)cc1. The summed E-state index contributed by atoms with van der Waals surface area (Å²) in [5.74, 6) is -0.404. The summed E-state index contributed by atoms with van der Waals surface area (Å²) in [6, 6.07) is 13.9. The topological polar surface area (TPSA) is 115 Å². The highest BCUT2D eigenvalue weighted by molar-refractivity contribution is 7.89. The summed E-state index contributed by atoms with van der Waals surface area (Å²) in [6.07, 6.45) is 4.30. The maximum Gasteiger partial charge on any atom is 0.407 e. The van der Waals surface area contributed by atoms with Crippen LogP contribution in [0.4, 0.5) is 4.79 Å². The Hall–Kier alpha value is -3.50. The number of pyridine rings is 1. The number of amides is 1. The van der Waals surface area contributed by atoms with Crippen molar-refractivity contribution in [2.24, 2.45) is 0 Å². The second-order valence-corrected chi connectivity index (χ2v) is 11.7. The lowest BCUT2D eigenvalue weighted by molar-refractivity contribution is 0.0525. The number of fused-ring (bicyclic) bond motifs is 1. The summed E-state index contributed by atoms with van der Waals surface area (Å²) in [5, 5.41) is 4.04. The molecule has 0 aliphatic carbocycles. The van der Waals surface area contributed by atoms with E-state index in [1.165, 1.54) is 11.4 Å². The molecule has 10 heteroatoms. The van der Waals surface area contributed by atoms with E-state index < -0.39 is 27.7 Å². The molecule has 0 fully saturated rings. The van der Waals surface area contributed by atoms with Gasteiger partial charge in [-0.25, -0.2) is 18.0 Å². The van der Waals surface area contributed by atoms with Crippen LogP contribution in [0, 0.1) is 0 Å². The molecule has 0 saturated carbocycles. The monoisotopic (exact) mass is 541 g/mol. The lowest BCUT2D eigenvalue weighted by Gasteiger charge is -2.24. The molecule has 0 bridgehead atoms. The number of esters is 1. The van der Waals surface area contributed by atoms with Gasteiger partial charge in [-0.3, -0.25) is 4.98 Å². The Balaban J connectivity index is 1.72. The van der Waals surface area contributed by atoms with E-state index in [4.69, 9.17) is 9.47 Å². The number of benzene rings is 2. The molecule has 0 radical (unpaired) electrons. The van der Waals surface area contributed by atoms with Crippen molar-refractivity contribution < 1.29 is 27.5 Å². The Bertz CT molecular complexity index is 1350. The summed E-state index contributed by atoms with van der Waals surface area (Å²) in [7, 11) is -2.50. The van der Waals surface area contributed by atoms with Crippen molar-refractivity contribution in [1.29, 1.82) is 0 Å². The molecule has 0 aliphatic rings. The number of carbonyl (C=O) groups is 2. The van der Waals surface area contributed by atoms with Gasteiger partial charge in [0, 0.05) is 42.8 Å². The van der Waals surface area contributed by atoms with Crippen LogP contribution in [0.2, 0.25) is 0 Å². The van der Waals surface area contributed by atoms with Crippen LogP contribution >= 0.6 is 0 Å². The normalized spacial score (nSPS) is 11.9. The highest BCUT2D eigenvalue weighted by Crippen LogP contribution is 2.25. The van der Waals surface area contributed by atoms with E-state index in [1.54, 1.807) is 63.5 Å². The Labute approximate surface area is 224 Å². The molecule has 0 spiro atoms. The molecule has 0 atom stereocenters. The fourth-order valence-corrected chi connectivity index (χ4v) is 5.69. The minimum atomic E-state index is -3.83. The lowest BCUT2D eigenvalue weighted by Crippen LogP contribution is -2.37. The largest absolute Gasteiger partial charge is 0.465 e. The summed E-state index contributed by atoms with van der Waals surface area (Å²) in [6.45, 7) is 6.13. The zero-order chi connectivity index (χ0) is 27.8. The molecule has 1 N–H and O–H groups in total. The minimum absolute atomic E-state index is 0.222. The van der Waals surface area contributed by atoms with Crippen LogP contribution in [0.25, 0.3) is 10.8 Å². The number of aromatic nitrogens is 1. The molecule has 1 aromatic heterocycles. The summed E-state index contributed by atoms with van der Waals surface area (Å²) < 4.78 is 39.0. The number of nitrogens with zero attached hydrogens (tertiary/aromatic N) is 2. The molecular formula is C28H35N3O6S. The van der Waals surface area contributed by atoms with Crippen LogP contribution < -0.4 is 5.32 Å². The van der Waals surface area contributed by atoms with Crippen LogP contribution in [0.15, 0.2) is 65.8 Å². The Morgan fingerprint density at radius 1 is 1.00 bits per heavy atom. The number of alkyl carbamates (subject to hydrolysis) is 1. The van der Waals surface area contributed by atoms with Crippen LogP contribution in [0.5, 0.6) is 0 Å². The average Bonchev–Trinajstić information content (AvgIpc) is 2.88. The van der Waals surface area contributed by atoms with Gasteiger partial charge in [0.2, 0.25) is 10.0 Å². The standard InChI is InChI=1S/C28H35N3O6S/c1-28(2,3)37-27(33)30-16-7-19-31(18-6-8-21-11-13-22(14-12-21)26(32)36-4)38(34,35)25-10-5-9-23-20-29-17-15-24(23)25/h5,9-15,17,20H,6-8,16,18-19H2,1-4H3,(H,30,33). The molecular weight excluding hydrogens is 506 g/mol. The number of methoxy groups -OCH3 is 1. The first-order valence-corrected chi connectivity index (χ1v) is 13.9. The van der Waals surface area contributed by atoms with Gasteiger partial charge in [0.1, 0.15) is 5.60 Å². The van der Waals surface area contributed by atoms with Gasteiger partial charge in [-0.05, 0) is 69.9 Å². The third kappa shape index (κ3) is 8.00. The number of carbonyl (C=O) groups excluding carboxylic acids is 2. The van der Waals surface area contributed by atoms with E-state index in [2.05, 4.69) is 10.3 Å². The predicted octanol–water partition coefficient (Wildman–Crippen LogP) is 4.56. The molecule has 2 aromatic carbocycles. The fourth-order valence-electron chi connectivity index (χ4n) is 3.95. The quantitative estimate of drug-likeness (QED) is 0.280. The van der Waals surface area contributed by atoms with E-state index in [1.807, 2.05) is 18.2 Å². The van der Waals surface area contributed by atoms with E-state index in [0.717, 1.165) is 10.9 Å². The molecule has 0 aliphatic heterocycles. The van der Waals surface area contributed by atoms with Crippen LogP contribution in [0.1, 0.15) is 49.5 Å². The molecule has 9 nitrogen and oxygen atoms in total. The van der Waals surface area contributed by atoms with Gasteiger partial charge >= 0.3 is 12.1 Å². The van der Waals surface area contributed by atoms with E-state index in [9.17, 15) is 18.0 Å². The Kier molecular flexibility index (Phi) is 9.82. The van der Waals surface area contributed by atoms with E-state index >= 15 is 0 Å². The maximum absolute atomic E-state index is 13.8. The number of hydrogen-bond donors (Lipinski definition) is 1. The summed E-state index contributed by atoms with van der Waals surface area (Å²) in [5.41, 5.74) is 0.832. The smallest absolute Gasteiger partial charge is 0.407 e.